The standard InChI is InChI=1S/C15H30N2S/c1-3-7-16-15-4-8-17(11-13(15)2)12-14-5-9-18-10-6-14/h13-16H,3-12H2,1-2H3. The number of nitrogens with zero attached hydrogens (tertiary/aromatic N) is 1. The zero-order chi connectivity index (χ0) is 12.8. The first kappa shape index (κ1) is 14.7. The summed E-state index contributed by atoms with van der Waals surface area (Å²) in [5, 5.41) is 3.72. The summed E-state index contributed by atoms with van der Waals surface area (Å²) < 4.78 is 0. The zero-order valence-corrected chi connectivity index (χ0v) is 13.0. The van der Waals surface area contributed by atoms with Gasteiger partial charge in [-0.3, -0.25) is 0 Å². The van der Waals surface area contributed by atoms with Crippen LogP contribution in [0.25, 0.3) is 0 Å². The fourth-order valence-electron chi connectivity index (χ4n) is 3.32. The average molecular weight is 270 g/mol. The molecule has 1 N–H and O–H groups in total. The molecule has 18 heavy (non-hydrogen) atoms. The summed E-state index contributed by atoms with van der Waals surface area (Å²) in [6, 6.07) is 0.767. The Bertz CT molecular complexity index is 229. The van der Waals surface area contributed by atoms with Crippen LogP contribution in [0.2, 0.25) is 0 Å². The van der Waals surface area contributed by atoms with Crippen molar-refractivity contribution in [2.45, 2.75) is 45.6 Å². The Hall–Kier alpha value is 0.270. The minimum atomic E-state index is 0.767. The quantitative estimate of drug-likeness (QED) is 0.827. The van der Waals surface area contributed by atoms with E-state index < -0.39 is 0 Å². The van der Waals surface area contributed by atoms with Crippen molar-refractivity contribution in [1.29, 1.82) is 0 Å². The molecule has 0 bridgehead atoms. The second kappa shape index (κ2) is 7.76. The molecule has 0 radical (unpaired) electrons. The molecule has 106 valence electrons. The molecule has 0 amide bonds. The van der Waals surface area contributed by atoms with E-state index >= 15 is 0 Å². The fourth-order valence-corrected chi connectivity index (χ4v) is 4.53. The van der Waals surface area contributed by atoms with Crippen molar-refractivity contribution in [1.82, 2.24) is 10.2 Å². The number of piperidine rings is 1. The van der Waals surface area contributed by atoms with Gasteiger partial charge in [0.25, 0.3) is 0 Å². The van der Waals surface area contributed by atoms with Crippen LogP contribution in [-0.4, -0.2) is 48.6 Å². The average Bonchev–Trinajstić information content (AvgIpc) is 2.39. The largest absolute Gasteiger partial charge is 0.314 e. The van der Waals surface area contributed by atoms with Crippen molar-refractivity contribution in [3.8, 4) is 0 Å². The van der Waals surface area contributed by atoms with Gasteiger partial charge < -0.3 is 10.2 Å². The summed E-state index contributed by atoms with van der Waals surface area (Å²) in [6.45, 7) is 9.87. The van der Waals surface area contributed by atoms with Crippen LogP contribution in [-0.2, 0) is 0 Å². The van der Waals surface area contributed by atoms with Gasteiger partial charge in [-0.15, -0.1) is 0 Å². The fraction of sp³-hybridized carbons (Fsp3) is 1.00. The van der Waals surface area contributed by atoms with Gasteiger partial charge >= 0.3 is 0 Å². The third-order valence-electron chi connectivity index (χ3n) is 4.50. The Morgan fingerprint density at radius 1 is 1.22 bits per heavy atom. The molecule has 0 aromatic heterocycles. The lowest BCUT2D eigenvalue weighted by Crippen LogP contribution is -2.49. The van der Waals surface area contributed by atoms with E-state index in [4.69, 9.17) is 0 Å². The minimum Gasteiger partial charge on any atom is -0.314 e. The first-order valence-electron chi connectivity index (χ1n) is 7.83. The monoisotopic (exact) mass is 270 g/mol. The SMILES string of the molecule is CCCNC1CCN(CC2CCSCC2)CC1C. The van der Waals surface area contributed by atoms with Gasteiger partial charge in [0, 0.05) is 19.1 Å². The number of thioether (sulfide) groups is 1. The Morgan fingerprint density at radius 2 is 2.00 bits per heavy atom. The van der Waals surface area contributed by atoms with Crippen LogP contribution >= 0.6 is 11.8 Å². The highest BCUT2D eigenvalue weighted by molar-refractivity contribution is 7.99. The van der Waals surface area contributed by atoms with E-state index in [1.807, 2.05) is 0 Å². The van der Waals surface area contributed by atoms with E-state index in [9.17, 15) is 0 Å². The highest BCUT2D eigenvalue weighted by atomic mass is 32.2. The predicted octanol–water partition coefficient (Wildman–Crippen LogP) is 2.84. The lowest BCUT2D eigenvalue weighted by molar-refractivity contribution is 0.126. The summed E-state index contributed by atoms with van der Waals surface area (Å²) in [5.41, 5.74) is 0. The molecule has 2 atom stereocenters. The van der Waals surface area contributed by atoms with Crippen LogP contribution in [0.1, 0.15) is 39.5 Å². The predicted molar refractivity (Wildman–Crippen MR) is 82.4 cm³/mol. The van der Waals surface area contributed by atoms with Crippen LogP contribution in [0.5, 0.6) is 0 Å². The van der Waals surface area contributed by atoms with Gasteiger partial charge in [-0.05, 0) is 62.1 Å². The topological polar surface area (TPSA) is 15.3 Å². The molecule has 2 fully saturated rings. The number of hydrogen-bond acceptors (Lipinski definition) is 3. The lowest BCUT2D eigenvalue weighted by atomic mass is 9.92. The molecular formula is C15H30N2S. The van der Waals surface area contributed by atoms with E-state index in [-0.39, 0.29) is 0 Å². The summed E-state index contributed by atoms with van der Waals surface area (Å²) >= 11 is 2.14. The van der Waals surface area contributed by atoms with Crippen molar-refractivity contribution < 1.29 is 0 Å². The summed E-state index contributed by atoms with van der Waals surface area (Å²) in [5.74, 6) is 4.60. The second-order valence-electron chi connectivity index (χ2n) is 6.14. The molecule has 0 saturated carbocycles. The molecule has 2 nitrogen and oxygen atoms in total. The molecule has 0 aromatic rings. The molecule has 2 aliphatic heterocycles. The van der Waals surface area contributed by atoms with Crippen LogP contribution in [0.3, 0.4) is 0 Å². The zero-order valence-electron chi connectivity index (χ0n) is 12.2. The molecule has 2 rings (SSSR count). The van der Waals surface area contributed by atoms with Gasteiger partial charge in [-0.25, -0.2) is 0 Å². The first-order chi connectivity index (χ1) is 8.79. The molecule has 0 aromatic carbocycles. The molecule has 2 saturated heterocycles. The normalized spacial score (nSPS) is 31.7. The maximum atomic E-state index is 3.72. The highest BCUT2D eigenvalue weighted by Gasteiger charge is 2.27. The first-order valence-corrected chi connectivity index (χ1v) is 8.98. The Labute approximate surface area is 117 Å². The van der Waals surface area contributed by atoms with Crippen LogP contribution in [0, 0.1) is 11.8 Å². The Morgan fingerprint density at radius 3 is 2.67 bits per heavy atom. The van der Waals surface area contributed by atoms with Gasteiger partial charge in [0.2, 0.25) is 0 Å². The third-order valence-corrected chi connectivity index (χ3v) is 5.55. The van der Waals surface area contributed by atoms with Crippen LogP contribution < -0.4 is 5.32 Å². The molecular weight excluding hydrogens is 240 g/mol. The maximum Gasteiger partial charge on any atom is 0.0117 e. The molecule has 3 heteroatoms. The van der Waals surface area contributed by atoms with Crippen LogP contribution in [0.15, 0.2) is 0 Å². The highest BCUT2D eigenvalue weighted by Crippen LogP contribution is 2.25. The van der Waals surface area contributed by atoms with Gasteiger partial charge in [0.15, 0.2) is 0 Å². The van der Waals surface area contributed by atoms with Crippen molar-refractivity contribution in [2.24, 2.45) is 11.8 Å². The number of likely N-dealkylation sites (tertiary alicyclic amines) is 1. The van der Waals surface area contributed by atoms with Gasteiger partial charge in [-0.2, -0.15) is 11.8 Å². The van der Waals surface area contributed by atoms with E-state index in [2.05, 4.69) is 35.8 Å². The number of rotatable bonds is 5. The van der Waals surface area contributed by atoms with E-state index in [0.717, 1.165) is 17.9 Å². The molecule has 0 aliphatic carbocycles. The van der Waals surface area contributed by atoms with Crippen molar-refractivity contribution >= 4 is 11.8 Å². The number of nitrogens with one attached hydrogen (secondary N) is 1. The van der Waals surface area contributed by atoms with Crippen molar-refractivity contribution in [3.63, 3.8) is 0 Å². The van der Waals surface area contributed by atoms with E-state index in [1.165, 1.54) is 63.4 Å². The summed E-state index contributed by atoms with van der Waals surface area (Å²) in [7, 11) is 0. The maximum absolute atomic E-state index is 3.72. The Kier molecular flexibility index (Phi) is 6.33. The smallest absolute Gasteiger partial charge is 0.0117 e. The summed E-state index contributed by atoms with van der Waals surface area (Å²) in [4.78, 5) is 2.73. The lowest BCUT2D eigenvalue weighted by Gasteiger charge is -2.39. The second-order valence-corrected chi connectivity index (χ2v) is 7.37. The van der Waals surface area contributed by atoms with Crippen LogP contribution in [0.4, 0.5) is 0 Å². The van der Waals surface area contributed by atoms with Gasteiger partial charge in [-0.1, -0.05) is 13.8 Å². The molecule has 2 unspecified atom stereocenters. The van der Waals surface area contributed by atoms with E-state index in [1.54, 1.807) is 0 Å². The van der Waals surface area contributed by atoms with E-state index in [0.29, 0.717) is 0 Å². The van der Waals surface area contributed by atoms with Crippen molar-refractivity contribution in [2.75, 3.05) is 37.7 Å². The van der Waals surface area contributed by atoms with Gasteiger partial charge in [0.05, 0.1) is 0 Å². The number of hydrogen-bond donors (Lipinski definition) is 1. The third kappa shape index (κ3) is 4.43. The molecule has 2 aliphatic rings. The van der Waals surface area contributed by atoms with Crippen molar-refractivity contribution in [3.05, 3.63) is 0 Å². The summed E-state index contributed by atoms with van der Waals surface area (Å²) in [6.07, 6.45) is 5.51. The molecule has 2 heterocycles. The Balaban J connectivity index is 1.70. The molecule has 0 spiro atoms. The minimum absolute atomic E-state index is 0.767. The van der Waals surface area contributed by atoms with Gasteiger partial charge in [0.1, 0.15) is 0 Å².